The van der Waals surface area contributed by atoms with E-state index >= 15 is 0 Å². The lowest BCUT2D eigenvalue weighted by atomic mass is 10.1. The molecular formula is C9H6NO. The third-order valence-electron chi connectivity index (χ3n) is 1.61. The van der Waals surface area contributed by atoms with Crippen LogP contribution >= 0.6 is 0 Å². The van der Waals surface area contributed by atoms with E-state index in [2.05, 4.69) is 11.2 Å². The number of fused-ring (bicyclic) bond motifs is 1. The highest BCUT2D eigenvalue weighted by atomic mass is 16.1. The molecule has 0 atom stereocenters. The van der Waals surface area contributed by atoms with Gasteiger partial charge in [0.05, 0.1) is 6.20 Å². The lowest BCUT2D eigenvalue weighted by molar-refractivity contribution is 1.29. The van der Waals surface area contributed by atoms with Gasteiger partial charge in [0.15, 0.2) is 5.43 Å². The van der Waals surface area contributed by atoms with Crippen LogP contribution in [0.5, 0.6) is 0 Å². The molecule has 11 heavy (non-hydrogen) atoms. The first-order valence-electron chi connectivity index (χ1n) is 3.36. The average Bonchev–Trinajstić information content (AvgIpc) is 2.06. The lowest BCUT2D eigenvalue weighted by Gasteiger charge is -1.99. The van der Waals surface area contributed by atoms with Crippen molar-refractivity contribution in [3.05, 3.63) is 46.8 Å². The van der Waals surface area contributed by atoms with E-state index in [9.17, 15) is 4.79 Å². The highest BCUT2D eigenvalue weighted by molar-refractivity contribution is 5.59. The van der Waals surface area contributed by atoms with Crippen LogP contribution in [0.25, 0.3) is 11.3 Å². The van der Waals surface area contributed by atoms with Crippen LogP contribution < -0.4 is 5.43 Å². The summed E-state index contributed by atoms with van der Waals surface area (Å²) in [7, 11) is 0. The van der Waals surface area contributed by atoms with Crippen molar-refractivity contribution in [2.75, 3.05) is 0 Å². The fourth-order valence-corrected chi connectivity index (χ4v) is 1.07. The molecule has 1 N–H and O–H groups in total. The van der Waals surface area contributed by atoms with Gasteiger partial charge in [-0.3, -0.25) is 4.79 Å². The van der Waals surface area contributed by atoms with Crippen molar-refractivity contribution in [3.8, 4) is 11.3 Å². The van der Waals surface area contributed by atoms with Crippen molar-refractivity contribution in [3.63, 3.8) is 0 Å². The molecule has 0 bridgehead atoms. The van der Waals surface area contributed by atoms with Crippen LogP contribution in [0.15, 0.2) is 35.1 Å². The number of hydrogen-bond donors (Lipinski definition) is 1. The lowest BCUT2D eigenvalue weighted by Crippen LogP contribution is -2.03. The molecule has 1 heterocycles. The first-order valence-corrected chi connectivity index (χ1v) is 3.36. The summed E-state index contributed by atoms with van der Waals surface area (Å²) < 4.78 is 0. The topological polar surface area (TPSA) is 32.9 Å². The maximum Gasteiger partial charge on any atom is 0.187 e. The Morgan fingerprint density at radius 3 is 3.00 bits per heavy atom. The summed E-state index contributed by atoms with van der Waals surface area (Å²) in [5.74, 6) is 0. The maximum absolute atomic E-state index is 11.1. The number of hydrogen-bond acceptors (Lipinski definition) is 1. The summed E-state index contributed by atoms with van der Waals surface area (Å²) in [5.41, 5.74) is 1.60. The zero-order valence-corrected chi connectivity index (χ0v) is 5.79. The monoisotopic (exact) mass is 144 g/mol. The average molecular weight is 144 g/mol. The van der Waals surface area contributed by atoms with Gasteiger partial charge in [-0.15, -0.1) is 0 Å². The van der Waals surface area contributed by atoms with Crippen molar-refractivity contribution in [1.29, 1.82) is 0 Å². The quantitative estimate of drug-likeness (QED) is 0.593. The minimum Gasteiger partial charge on any atom is -0.353 e. The highest BCUT2D eigenvalue weighted by Crippen LogP contribution is 2.11. The predicted octanol–water partition coefficient (Wildman–Crippen LogP) is 1.28. The van der Waals surface area contributed by atoms with Gasteiger partial charge in [0, 0.05) is 11.3 Å². The van der Waals surface area contributed by atoms with E-state index < -0.39 is 0 Å². The van der Waals surface area contributed by atoms with Crippen molar-refractivity contribution in [2.45, 2.75) is 0 Å². The van der Waals surface area contributed by atoms with Crippen LogP contribution in [0.1, 0.15) is 0 Å². The molecule has 2 aliphatic rings. The standard InChI is InChI=1S/C9H6NO/c11-9-5-1-4-8-7(9)3-2-6-10-8/h1-5,10H. The number of rotatable bonds is 0. The number of pyridine rings is 1. The second-order valence-electron chi connectivity index (χ2n) is 2.32. The van der Waals surface area contributed by atoms with E-state index in [4.69, 9.17) is 0 Å². The van der Waals surface area contributed by atoms with Gasteiger partial charge in [-0.2, -0.15) is 0 Å². The predicted molar refractivity (Wildman–Crippen MR) is 42.5 cm³/mol. The molecule has 2 nitrogen and oxygen atoms in total. The molecule has 1 aliphatic carbocycles. The summed E-state index contributed by atoms with van der Waals surface area (Å²) in [6.07, 6.45) is 2.80. The molecule has 0 aromatic heterocycles. The highest BCUT2D eigenvalue weighted by Gasteiger charge is 2.01. The molecule has 53 valence electrons. The Morgan fingerprint density at radius 2 is 2.18 bits per heavy atom. The number of nitrogens with one attached hydrogen (secondary N) is 1. The Hall–Kier alpha value is -1.57. The molecule has 1 aliphatic heterocycles. The Kier molecular flexibility index (Phi) is 1.25. The summed E-state index contributed by atoms with van der Waals surface area (Å²) in [4.78, 5) is 14.0. The molecule has 1 radical (unpaired) electrons. The van der Waals surface area contributed by atoms with Gasteiger partial charge in [0.2, 0.25) is 0 Å². The zero-order chi connectivity index (χ0) is 7.68. The Morgan fingerprint density at radius 1 is 1.27 bits per heavy atom. The van der Waals surface area contributed by atoms with Gasteiger partial charge in [-0.25, -0.2) is 0 Å². The van der Waals surface area contributed by atoms with Crippen LogP contribution in [-0.2, 0) is 0 Å². The molecule has 0 aromatic carbocycles. The SMILES string of the molecule is O=c1cccc2[nH][c]ccc1-2. The molecule has 2 heteroatoms. The van der Waals surface area contributed by atoms with Gasteiger partial charge in [0.25, 0.3) is 0 Å². The van der Waals surface area contributed by atoms with Crippen molar-refractivity contribution >= 4 is 0 Å². The third-order valence-corrected chi connectivity index (χ3v) is 1.61. The minimum atomic E-state index is 0.0488. The van der Waals surface area contributed by atoms with Gasteiger partial charge >= 0.3 is 0 Å². The largest absolute Gasteiger partial charge is 0.353 e. The Labute approximate surface area is 63.8 Å². The van der Waals surface area contributed by atoms with Gasteiger partial charge in [0.1, 0.15) is 0 Å². The van der Waals surface area contributed by atoms with E-state index in [1.165, 1.54) is 0 Å². The van der Waals surface area contributed by atoms with Crippen LogP contribution in [-0.4, -0.2) is 4.98 Å². The number of aromatic amines is 1. The van der Waals surface area contributed by atoms with Crippen molar-refractivity contribution in [2.24, 2.45) is 0 Å². The normalized spacial score (nSPS) is 10.2. The molecular weight excluding hydrogens is 138 g/mol. The van der Waals surface area contributed by atoms with Crippen LogP contribution in [0.4, 0.5) is 0 Å². The third kappa shape index (κ3) is 0.923. The first-order chi connectivity index (χ1) is 5.38. The summed E-state index contributed by atoms with van der Waals surface area (Å²) in [5, 5.41) is 0. The van der Waals surface area contributed by atoms with Gasteiger partial charge < -0.3 is 4.98 Å². The molecule has 2 rings (SSSR count). The van der Waals surface area contributed by atoms with Crippen molar-refractivity contribution < 1.29 is 0 Å². The van der Waals surface area contributed by atoms with E-state index in [1.54, 1.807) is 24.3 Å². The molecule has 0 amide bonds. The van der Waals surface area contributed by atoms with E-state index in [1.807, 2.05) is 6.07 Å². The van der Waals surface area contributed by atoms with Gasteiger partial charge in [-0.1, -0.05) is 6.07 Å². The second-order valence-corrected chi connectivity index (χ2v) is 2.32. The second kappa shape index (κ2) is 2.23. The van der Waals surface area contributed by atoms with Crippen LogP contribution in [0.3, 0.4) is 0 Å². The number of H-pyrrole nitrogens is 1. The fourth-order valence-electron chi connectivity index (χ4n) is 1.07. The molecule has 0 saturated carbocycles. The van der Waals surface area contributed by atoms with E-state index in [0.29, 0.717) is 5.56 Å². The fraction of sp³-hybridized carbons (Fsp3) is 0. The van der Waals surface area contributed by atoms with Crippen LogP contribution in [0, 0.1) is 6.20 Å². The summed E-state index contributed by atoms with van der Waals surface area (Å²) in [6.45, 7) is 0. The van der Waals surface area contributed by atoms with E-state index in [0.717, 1.165) is 5.69 Å². The van der Waals surface area contributed by atoms with Gasteiger partial charge in [-0.05, 0) is 24.3 Å². The van der Waals surface area contributed by atoms with E-state index in [-0.39, 0.29) is 5.43 Å². The smallest absolute Gasteiger partial charge is 0.187 e. The minimum absolute atomic E-state index is 0.0488. The molecule has 0 aromatic rings. The molecule has 0 fully saturated rings. The van der Waals surface area contributed by atoms with Crippen LogP contribution in [0.2, 0.25) is 0 Å². The Bertz CT molecular complexity index is 391. The zero-order valence-electron chi connectivity index (χ0n) is 5.79. The Balaban J connectivity index is 2.90. The molecule has 0 unspecified atom stereocenters. The molecule has 0 spiro atoms. The summed E-state index contributed by atoms with van der Waals surface area (Å²) >= 11 is 0. The number of aromatic nitrogens is 1. The first kappa shape index (κ1) is 6.16. The molecule has 0 saturated heterocycles. The maximum atomic E-state index is 11.1. The summed E-state index contributed by atoms with van der Waals surface area (Å²) in [6, 6.07) is 8.59. The number of benzene rings is 1. The van der Waals surface area contributed by atoms with Crippen molar-refractivity contribution in [1.82, 2.24) is 4.98 Å².